The summed E-state index contributed by atoms with van der Waals surface area (Å²) in [5, 5.41) is 11.2. The van der Waals surface area contributed by atoms with Crippen molar-refractivity contribution in [2.45, 2.75) is 13.3 Å². The number of carboxylic acids is 1. The summed E-state index contributed by atoms with van der Waals surface area (Å²) >= 11 is 0. The summed E-state index contributed by atoms with van der Waals surface area (Å²) in [6.45, 7) is 2.11. The first-order valence-corrected chi connectivity index (χ1v) is 3.67. The Morgan fingerprint density at radius 2 is 2.45 bits per heavy atom. The van der Waals surface area contributed by atoms with E-state index < -0.39 is 11.9 Å². The standard InChI is InChI=1S/C7H11NO3/c1-2-4-5(7(10)11)3-8-6(4)9/h4-5H,2-3H2,1H3,(H,8,9)(H,10,11)/t4-,5+/m0/s1. The van der Waals surface area contributed by atoms with Crippen molar-refractivity contribution in [1.29, 1.82) is 0 Å². The lowest BCUT2D eigenvalue weighted by Crippen LogP contribution is -2.23. The normalized spacial score (nSPS) is 30.1. The van der Waals surface area contributed by atoms with Gasteiger partial charge in [0.15, 0.2) is 0 Å². The van der Waals surface area contributed by atoms with Gasteiger partial charge in [0.2, 0.25) is 5.91 Å². The van der Waals surface area contributed by atoms with Crippen molar-refractivity contribution in [1.82, 2.24) is 5.32 Å². The van der Waals surface area contributed by atoms with Gasteiger partial charge in [-0.25, -0.2) is 0 Å². The highest BCUT2D eigenvalue weighted by molar-refractivity contribution is 5.88. The zero-order chi connectivity index (χ0) is 8.43. The fourth-order valence-corrected chi connectivity index (χ4v) is 1.40. The highest BCUT2D eigenvalue weighted by Gasteiger charge is 2.37. The van der Waals surface area contributed by atoms with E-state index in [1.54, 1.807) is 0 Å². The molecular weight excluding hydrogens is 146 g/mol. The molecule has 0 radical (unpaired) electrons. The van der Waals surface area contributed by atoms with Crippen LogP contribution in [0, 0.1) is 11.8 Å². The molecule has 0 unspecified atom stereocenters. The fraction of sp³-hybridized carbons (Fsp3) is 0.714. The van der Waals surface area contributed by atoms with Crippen LogP contribution in [0.1, 0.15) is 13.3 Å². The molecule has 1 rings (SSSR count). The molecule has 1 fully saturated rings. The predicted molar refractivity (Wildman–Crippen MR) is 37.9 cm³/mol. The van der Waals surface area contributed by atoms with Gasteiger partial charge in [0.05, 0.1) is 11.8 Å². The second-order valence-electron chi connectivity index (χ2n) is 2.70. The van der Waals surface area contributed by atoms with Crippen molar-refractivity contribution in [3.63, 3.8) is 0 Å². The molecule has 1 heterocycles. The van der Waals surface area contributed by atoms with Gasteiger partial charge >= 0.3 is 5.97 Å². The first-order valence-electron chi connectivity index (χ1n) is 3.67. The van der Waals surface area contributed by atoms with Gasteiger partial charge in [0, 0.05) is 6.54 Å². The second kappa shape index (κ2) is 2.90. The Hall–Kier alpha value is -1.06. The number of carbonyl (C=O) groups is 2. The summed E-state index contributed by atoms with van der Waals surface area (Å²) in [5.41, 5.74) is 0. The Morgan fingerprint density at radius 1 is 1.82 bits per heavy atom. The predicted octanol–water partition coefficient (Wildman–Crippen LogP) is -0.157. The van der Waals surface area contributed by atoms with Crippen LogP contribution in [0.15, 0.2) is 0 Å². The van der Waals surface area contributed by atoms with E-state index in [0.717, 1.165) is 0 Å². The van der Waals surface area contributed by atoms with Gasteiger partial charge in [0.25, 0.3) is 0 Å². The third-order valence-electron chi connectivity index (χ3n) is 2.08. The Bertz CT molecular complexity index is 190. The molecule has 1 aliphatic rings. The maximum Gasteiger partial charge on any atom is 0.309 e. The highest BCUT2D eigenvalue weighted by atomic mass is 16.4. The second-order valence-corrected chi connectivity index (χ2v) is 2.70. The number of amides is 1. The van der Waals surface area contributed by atoms with Crippen molar-refractivity contribution < 1.29 is 14.7 Å². The zero-order valence-electron chi connectivity index (χ0n) is 6.33. The Morgan fingerprint density at radius 3 is 2.82 bits per heavy atom. The molecule has 1 saturated heterocycles. The molecule has 1 amide bonds. The average molecular weight is 157 g/mol. The van der Waals surface area contributed by atoms with Gasteiger partial charge in [-0.15, -0.1) is 0 Å². The first kappa shape index (κ1) is 8.04. The average Bonchev–Trinajstić information content (AvgIpc) is 2.30. The number of rotatable bonds is 2. The molecule has 0 aromatic rings. The van der Waals surface area contributed by atoms with Gasteiger partial charge in [-0.05, 0) is 6.42 Å². The molecule has 4 nitrogen and oxygen atoms in total. The van der Waals surface area contributed by atoms with Crippen molar-refractivity contribution >= 4 is 11.9 Å². The lowest BCUT2D eigenvalue weighted by atomic mass is 9.93. The third kappa shape index (κ3) is 1.34. The lowest BCUT2D eigenvalue weighted by molar-refractivity contribution is -0.143. The fourth-order valence-electron chi connectivity index (χ4n) is 1.40. The van der Waals surface area contributed by atoms with Crippen molar-refractivity contribution in [3.8, 4) is 0 Å². The van der Waals surface area contributed by atoms with Crippen molar-refractivity contribution in [3.05, 3.63) is 0 Å². The van der Waals surface area contributed by atoms with Crippen LogP contribution in [-0.2, 0) is 9.59 Å². The van der Waals surface area contributed by atoms with E-state index in [1.807, 2.05) is 6.92 Å². The Balaban J connectivity index is 2.68. The van der Waals surface area contributed by atoms with E-state index in [2.05, 4.69) is 5.32 Å². The topological polar surface area (TPSA) is 66.4 Å². The van der Waals surface area contributed by atoms with Crippen LogP contribution in [0.3, 0.4) is 0 Å². The van der Waals surface area contributed by atoms with E-state index in [-0.39, 0.29) is 18.4 Å². The first-order chi connectivity index (χ1) is 5.16. The van der Waals surface area contributed by atoms with E-state index in [1.165, 1.54) is 0 Å². The molecule has 62 valence electrons. The molecule has 0 spiro atoms. The summed E-state index contributed by atoms with van der Waals surface area (Å²) in [5.74, 6) is -1.85. The van der Waals surface area contributed by atoms with Crippen LogP contribution >= 0.6 is 0 Å². The van der Waals surface area contributed by atoms with E-state index >= 15 is 0 Å². The van der Waals surface area contributed by atoms with Gasteiger partial charge in [0.1, 0.15) is 0 Å². The van der Waals surface area contributed by atoms with Crippen LogP contribution in [-0.4, -0.2) is 23.5 Å². The van der Waals surface area contributed by atoms with E-state index in [0.29, 0.717) is 6.42 Å². The van der Waals surface area contributed by atoms with Crippen molar-refractivity contribution in [2.24, 2.45) is 11.8 Å². The maximum atomic E-state index is 10.9. The molecule has 2 N–H and O–H groups in total. The minimum absolute atomic E-state index is 0.125. The molecule has 4 heteroatoms. The smallest absolute Gasteiger partial charge is 0.309 e. The van der Waals surface area contributed by atoms with Gasteiger partial charge in [-0.2, -0.15) is 0 Å². The number of aliphatic carboxylic acids is 1. The molecule has 1 aliphatic heterocycles. The Kier molecular flexibility index (Phi) is 2.12. The Labute approximate surface area is 64.6 Å². The van der Waals surface area contributed by atoms with Crippen molar-refractivity contribution in [2.75, 3.05) is 6.54 Å². The third-order valence-corrected chi connectivity index (χ3v) is 2.08. The van der Waals surface area contributed by atoms with Gasteiger partial charge < -0.3 is 10.4 Å². The molecule has 0 aromatic carbocycles. The summed E-state index contributed by atoms with van der Waals surface area (Å²) in [6.07, 6.45) is 0.600. The molecule has 0 bridgehead atoms. The summed E-state index contributed by atoms with van der Waals surface area (Å²) in [7, 11) is 0. The number of hydrogen-bond donors (Lipinski definition) is 2. The zero-order valence-corrected chi connectivity index (χ0v) is 6.33. The maximum absolute atomic E-state index is 10.9. The van der Waals surface area contributed by atoms with E-state index in [4.69, 9.17) is 5.11 Å². The molecule has 0 aromatic heterocycles. The minimum atomic E-state index is -0.879. The van der Waals surface area contributed by atoms with Gasteiger partial charge in [-0.1, -0.05) is 6.92 Å². The summed E-state index contributed by atoms with van der Waals surface area (Å²) in [6, 6.07) is 0. The molecule has 0 aliphatic carbocycles. The van der Waals surface area contributed by atoms with Gasteiger partial charge in [-0.3, -0.25) is 9.59 Å². The monoisotopic (exact) mass is 157 g/mol. The number of hydrogen-bond acceptors (Lipinski definition) is 2. The number of carbonyl (C=O) groups excluding carboxylic acids is 1. The quantitative estimate of drug-likeness (QED) is 0.585. The largest absolute Gasteiger partial charge is 0.481 e. The lowest BCUT2D eigenvalue weighted by Gasteiger charge is -2.08. The van der Waals surface area contributed by atoms with Crippen LogP contribution in [0.25, 0.3) is 0 Å². The van der Waals surface area contributed by atoms with Crippen LogP contribution < -0.4 is 5.32 Å². The molecule has 2 atom stereocenters. The van der Waals surface area contributed by atoms with Crippen LogP contribution in [0.5, 0.6) is 0 Å². The van der Waals surface area contributed by atoms with Crippen LogP contribution in [0.2, 0.25) is 0 Å². The molecule has 0 saturated carbocycles. The number of nitrogens with one attached hydrogen (secondary N) is 1. The SMILES string of the molecule is CC[C@@H]1C(=O)NC[C@H]1C(=O)O. The van der Waals surface area contributed by atoms with Crippen LogP contribution in [0.4, 0.5) is 0 Å². The minimum Gasteiger partial charge on any atom is -0.481 e. The van der Waals surface area contributed by atoms with E-state index in [9.17, 15) is 9.59 Å². The molecule has 11 heavy (non-hydrogen) atoms. The summed E-state index contributed by atoms with van der Waals surface area (Å²) < 4.78 is 0. The summed E-state index contributed by atoms with van der Waals surface area (Å²) in [4.78, 5) is 21.5. The number of carboxylic acid groups (broad SMARTS) is 1. The molecular formula is C7H11NO3. The highest BCUT2D eigenvalue weighted by Crippen LogP contribution is 2.20.